The molecule has 9 nitrogen and oxygen atoms in total. The van der Waals surface area contributed by atoms with E-state index in [1.54, 1.807) is 4.90 Å². The summed E-state index contributed by atoms with van der Waals surface area (Å²) in [6.07, 6.45) is 7.21. The molecule has 2 aromatic carbocycles. The van der Waals surface area contributed by atoms with E-state index in [-0.39, 0.29) is 23.8 Å². The van der Waals surface area contributed by atoms with E-state index in [4.69, 9.17) is 4.74 Å². The Morgan fingerprint density at radius 3 is 2.36 bits per heavy atom. The Labute approximate surface area is 297 Å². The predicted octanol–water partition coefficient (Wildman–Crippen LogP) is 5.05. The number of anilines is 1. The summed E-state index contributed by atoms with van der Waals surface area (Å²) >= 11 is 0. The maximum Gasteiger partial charge on any atom is 0.246 e. The first-order valence-electron chi connectivity index (χ1n) is 19.0. The fourth-order valence-electron chi connectivity index (χ4n) is 9.21. The smallest absolute Gasteiger partial charge is 0.246 e. The molecule has 1 saturated carbocycles. The first-order chi connectivity index (χ1) is 24.1. The second kappa shape index (κ2) is 14.6. The van der Waals surface area contributed by atoms with Crippen LogP contribution in [0.4, 0.5) is 5.69 Å². The van der Waals surface area contributed by atoms with Crippen molar-refractivity contribution in [2.24, 2.45) is 23.7 Å². The number of carbonyl (C=O) groups excluding carboxylic acids is 3. The van der Waals surface area contributed by atoms with Crippen molar-refractivity contribution in [3.63, 3.8) is 0 Å². The maximum absolute atomic E-state index is 14.5. The van der Waals surface area contributed by atoms with Crippen LogP contribution in [0.3, 0.4) is 0 Å². The highest BCUT2D eigenvalue weighted by molar-refractivity contribution is 6.02. The molecule has 0 aromatic heterocycles. The minimum Gasteiger partial charge on any atom is -0.359 e. The predicted molar refractivity (Wildman–Crippen MR) is 195 cm³/mol. The molecule has 7 rings (SSSR count). The molecule has 4 fully saturated rings. The highest BCUT2D eigenvalue weighted by atomic mass is 16.5. The van der Waals surface area contributed by atoms with Gasteiger partial charge in [0.15, 0.2) is 0 Å². The van der Waals surface area contributed by atoms with E-state index in [0.717, 1.165) is 58.5 Å². The molecule has 268 valence electrons. The van der Waals surface area contributed by atoms with Crippen LogP contribution in [0, 0.1) is 23.7 Å². The van der Waals surface area contributed by atoms with Crippen LogP contribution in [0.25, 0.3) is 0 Å². The zero-order chi connectivity index (χ0) is 35.0. The molecule has 9 heteroatoms. The number of carbonyl (C=O) groups is 3. The minimum absolute atomic E-state index is 0.0568. The van der Waals surface area contributed by atoms with Crippen molar-refractivity contribution in [2.45, 2.75) is 89.6 Å². The van der Waals surface area contributed by atoms with Crippen LogP contribution in [-0.2, 0) is 25.7 Å². The van der Waals surface area contributed by atoms with E-state index >= 15 is 0 Å². The topological polar surface area (TPSA) is 94.2 Å². The van der Waals surface area contributed by atoms with E-state index in [1.165, 1.54) is 17.5 Å². The number of nitrogens with zero attached hydrogens (tertiary/aromatic N) is 3. The number of hydrogen-bond acceptors (Lipinski definition) is 6. The van der Waals surface area contributed by atoms with Gasteiger partial charge < -0.3 is 25.2 Å². The summed E-state index contributed by atoms with van der Waals surface area (Å²) in [4.78, 5) is 49.6. The second-order valence-electron chi connectivity index (χ2n) is 15.8. The molecule has 1 aliphatic carbocycles. The Hall–Kier alpha value is -3.53. The molecule has 4 aliphatic heterocycles. The number of nitrogens with one attached hydrogen (secondary N) is 2. The Balaban J connectivity index is 1.05. The third kappa shape index (κ3) is 6.76. The number of likely N-dealkylation sites (tertiary alicyclic amines) is 1. The number of ether oxygens (including phenoxy) is 1. The van der Waals surface area contributed by atoms with Gasteiger partial charge in [0.25, 0.3) is 0 Å². The lowest BCUT2D eigenvalue weighted by atomic mass is 9.73. The molecule has 3 saturated heterocycles. The van der Waals surface area contributed by atoms with Crippen molar-refractivity contribution in [2.75, 3.05) is 44.6 Å². The van der Waals surface area contributed by atoms with E-state index in [0.29, 0.717) is 30.0 Å². The lowest BCUT2D eigenvalue weighted by Gasteiger charge is -2.38. The first-order valence-corrected chi connectivity index (χ1v) is 19.0. The second-order valence-corrected chi connectivity index (χ2v) is 15.8. The van der Waals surface area contributed by atoms with E-state index in [9.17, 15) is 14.4 Å². The molecule has 2 aromatic rings. The lowest BCUT2D eigenvalue weighted by molar-refractivity contribution is -0.141. The van der Waals surface area contributed by atoms with Gasteiger partial charge in [0.1, 0.15) is 11.6 Å². The molecular formula is C41H55N5O4. The molecule has 1 spiro atoms. The number of hydrogen-bond donors (Lipinski definition) is 2. The molecule has 50 heavy (non-hydrogen) atoms. The van der Waals surface area contributed by atoms with Gasteiger partial charge in [0.05, 0.1) is 17.9 Å². The third-order valence-electron chi connectivity index (χ3n) is 12.4. The van der Waals surface area contributed by atoms with Crippen LogP contribution >= 0.6 is 0 Å². The molecule has 4 heterocycles. The van der Waals surface area contributed by atoms with Crippen molar-refractivity contribution in [1.82, 2.24) is 20.0 Å². The van der Waals surface area contributed by atoms with Gasteiger partial charge in [0, 0.05) is 51.0 Å². The third-order valence-corrected chi connectivity index (χ3v) is 12.4. The van der Waals surface area contributed by atoms with Gasteiger partial charge in [-0.2, -0.15) is 0 Å². The molecule has 2 N–H and O–H groups in total. The lowest BCUT2D eigenvalue weighted by Crippen LogP contribution is -2.58. The Morgan fingerprint density at radius 1 is 0.920 bits per heavy atom. The molecule has 0 unspecified atom stereocenters. The van der Waals surface area contributed by atoms with Crippen LogP contribution in [0.2, 0.25) is 0 Å². The fraction of sp³-hybridized carbons (Fsp3) is 0.585. The van der Waals surface area contributed by atoms with Gasteiger partial charge in [-0.3, -0.25) is 19.3 Å². The Bertz CT molecular complexity index is 1550. The van der Waals surface area contributed by atoms with Gasteiger partial charge >= 0.3 is 0 Å². The van der Waals surface area contributed by atoms with Crippen molar-refractivity contribution in [3.8, 4) is 0 Å². The number of rotatable bonds is 11. The van der Waals surface area contributed by atoms with Crippen LogP contribution < -0.4 is 10.6 Å². The number of amides is 3. The van der Waals surface area contributed by atoms with Crippen molar-refractivity contribution >= 4 is 23.4 Å². The quantitative estimate of drug-likeness (QED) is 0.323. The van der Waals surface area contributed by atoms with Crippen LogP contribution in [0.1, 0.15) is 70.4 Å². The first kappa shape index (κ1) is 34.9. The summed E-state index contributed by atoms with van der Waals surface area (Å²) in [6, 6.07) is 17.7. The summed E-state index contributed by atoms with van der Waals surface area (Å²) in [6.45, 7) is 15.0. The van der Waals surface area contributed by atoms with Crippen molar-refractivity contribution < 1.29 is 19.1 Å². The van der Waals surface area contributed by atoms with E-state index in [2.05, 4.69) is 78.5 Å². The zero-order valence-corrected chi connectivity index (χ0v) is 30.2. The van der Waals surface area contributed by atoms with Crippen LogP contribution in [0.5, 0.6) is 0 Å². The van der Waals surface area contributed by atoms with Crippen molar-refractivity contribution in [3.05, 3.63) is 77.9 Å². The largest absolute Gasteiger partial charge is 0.359 e. The average Bonchev–Trinajstić information content (AvgIpc) is 3.75. The van der Waals surface area contributed by atoms with Gasteiger partial charge in [-0.05, 0) is 60.4 Å². The summed E-state index contributed by atoms with van der Waals surface area (Å²) < 4.78 is 6.62. The zero-order valence-electron chi connectivity index (χ0n) is 30.2. The fourth-order valence-corrected chi connectivity index (χ4v) is 9.21. The number of piperazine rings is 1. The van der Waals surface area contributed by atoms with E-state index in [1.807, 2.05) is 36.4 Å². The van der Waals surface area contributed by atoms with Gasteiger partial charge in [-0.15, -0.1) is 0 Å². The maximum atomic E-state index is 14.5. The summed E-state index contributed by atoms with van der Waals surface area (Å²) in [5.41, 5.74) is 2.07. The molecule has 3 amide bonds. The van der Waals surface area contributed by atoms with Gasteiger partial charge in [-0.25, -0.2) is 0 Å². The molecule has 5 aliphatic rings. The Morgan fingerprint density at radius 2 is 1.64 bits per heavy atom. The molecule has 0 radical (unpaired) electrons. The normalized spacial score (nSPS) is 32.5. The molecular weight excluding hydrogens is 626 g/mol. The Kier molecular flexibility index (Phi) is 10.2. The summed E-state index contributed by atoms with van der Waals surface area (Å²) in [5, 5.41) is 6.45. The monoisotopic (exact) mass is 681 g/mol. The number of benzene rings is 2. The minimum atomic E-state index is -1.15. The highest BCUT2D eigenvalue weighted by Gasteiger charge is 2.72. The average molecular weight is 682 g/mol. The molecule has 2 bridgehead atoms. The van der Waals surface area contributed by atoms with Crippen LogP contribution in [-0.4, -0.2) is 95.5 Å². The van der Waals surface area contributed by atoms with Gasteiger partial charge in [-0.1, -0.05) is 95.2 Å². The van der Waals surface area contributed by atoms with Crippen LogP contribution in [0.15, 0.2) is 66.7 Å². The van der Waals surface area contributed by atoms with Crippen molar-refractivity contribution in [1.29, 1.82) is 0 Å². The summed E-state index contributed by atoms with van der Waals surface area (Å²) in [5.74, 6) is -0.725. The molecule has 8 atom stereocenters. The number of fused-ring (bicyclic) bond motifs is 1. The van der Waals surface area contributed by atoms with Gasteiger partial charge in [0.2, 0.25) is 17.7 Å². The summed E-state index contributed by atoms with van der Waals surface area (Å²) in [7, 11) is 0. The SMILES string of the molecule is CC(C)c1ccc(NC(=O)[C@H]2[C@H]3C=C[C@@]4(O3)[C@H]2C(=O)N(CCCN2CCN(Cc3ccccc3)CC2)[C@@H]4C(=O)N[C@@H]2CCC[C@@H](C)[C@@H]2C)cc1. The standard InChI is InChI=1S/C41H55N5O4/c1-27(2)31-14-16-32(17-15-31)42-38(47)35-34-18-19-41(50-34)36(35)40(49)46(37(41)39(48)43-33-13-8-10-28(3)29(33)4)21-9-20-44-22-24-45(25-23-44)26-30-11-6-5-7-12-30/h5-7,11-12,14-19,27-29,33-37H,8-10,13,20-26H2,1-4H3,(H,42,47)(H,43,48)/t28-,29+,33-,34-,35+,36-,37-,41-/m1/s1. The highest BCUT2D eigenvalue weighted by Crippen LogP contribution is 2.55. The van der Waals surface area contributed by atoms with E-state index < -0.39 is 29.6 Å².